The summed E-state index contributed by atoms with van der Waals surface area (Å²) in [7, 11) is 0. The Bertz CT molecular complexity index is 1160. The second-order valence-corrected chi connectivity index (χ2v) is 8.75. The molecule has 1 aromatic heterocycles. The first-order valence-corrected chi connectivity index (χ1v) is 11.0. The van der Waals surface area contributed by atoms with Crippen LogP contribution in [-0.4, -0.2) is 35.4 Å². The number of amides is 1. The van der Waals surface area contributed by atoms with Crippen LogP contribution in [0.1, 0.15) is 34.5 Å². The number of hydrogen-bond acceptors (Lipinski definition) is 3. The van der Waals surface area contributed by atoms with E-state index in [1.807, 2.05) is 18.2 Å². The molecular weight excluding hydrogens is 478 g/mol. The SMILES string of the molecule is O=C(NCC1(c2cccc(Cl)c2)CCOCC1)c1cnn(-c2cccc(Cl)c2)c1C(F)(F)F. The van der Waals surface area contributed by atoms with Crippen LogP contribution in [-0.2, 0) is 16.3 Å². The third-order valence-electron chi connectivity index (χ3n) is 5.81. The van der Waals surface area contributed by atoms with Gasteiger partial charge in [-0.3, -0.25) is 4.79 Å². The zero-order valence-corrected chi connectivity index (χ0v) is 18.8. The number of carbonyl (C=O) groups is 1. The third kappa shape index (κ3) is 5.03. The van der Waals surface area contributed by atoms with Crippen LogP contribution in [0.5, 0.6) is 0 Å². The molecule has 10 heteroatoms. The topological polar surface area (TPSA) is 56.1 Å². The van der Waals surface area contributed by atoms with E-state index in [1.165, 1.54) is 18.2 Å². The van der Waals surface area contributed by atoms with Gasteiger partial charge < -0.3 is 10.1 Å². The first kappa shape index (κ1) is 23.6. The van der Waals surface area contributed by atoms with Crippen molar-refractivity contribution in [2.45, 2.75) is 24.4 Å². The van der Waals surface area contributed by atoms with Gasteiger partial charge in [0.2, 0.25) is 0 Å². The van der Waals surface area contributed by atoms with Gasteiger partial charge in [-0.2, -0.15) is 18.3 Å². The average Bonchev–Trinajstić information content (AvgIpc) is 3.24. The lowest BCUT2D eigenvalue weighted by Gasteiger charge is -2.38. The molecule has 4 rings (SSSR count). The summed E-state index contributed by atoms with van der Waals surface area (Å²) in [6.07, 6.45) is -2.69. The van der Waals surface area contributed by atoms with Crippen molar-refractivity contribution >= 4 is 29.1 Å². The van der Waals surface area contributed by atoms with Crippen molar-refractivity contribution in [3.05, 3.63) is 81.6 Å². The summed E-state index contributed by atoms with van der Waals surface area (Å²) >= 11 is 12.1. The third-order valence-corrected chi connectivity index (χ3v) is 6.28. The first-order chi connectivity index (χ1) is 15.7. The number of ether oxygens (including phenoxy) is 1. The standard InChI is InChI=1S/C23H20Cl2F3N3O2/c24-16-4-1-3-15(11-16)22(7-9-33-10-8-22)14-29-21(32)19-13-30-31(20(19)23(26,27)28)18-6-2-5-17(25)12-18/h1-6,11-13H,7-10,14H2,(H,29,32). The molecule has 0 radical (unpaired) electrons. The average molecular weight is 498 g/mol. The predicted molar refractivity (Wildman–Crippen MR) is 119 cm³/mol. The number of nitrogens with one attached hydrogen (secondary N) is 1. The lowest BCUT2D eigenvalue weighted by Crippen LogP contribution is -2.44. The van der Waals surface area contributed by atoms with Crippen molar-refractivity contribution in [2.75, 3.05) is 19.8 Å². The molecule has 0 unspecified atom stereocenters. The highest BCUT2D eigenvalue weighted by atomic mass is 35.5. The van der Waals surface area contributed by atoms with Crippen LogP contribution in [0, 0.1) is 0 Å². The van der Waals surface area contributed by atoms with Crippen LogP contribution >= 0.6 is 23.2 Å². The van der Waals surface area contributed by atoms with Crippen LogP contribution in [0.3, 0.4) is 0 Å². The molecule has 2 aromatic carbocycles. The van der Waals surface area contributed by atoms with Crippen molar-refractivity contribution in [3.8, 4) is 5.69 Å². The molecule has 1 aliphatic rings. The number of benzene rings is 2. The summed E-state index contributed by atoms with van der Waals surface area (Å²) in [6, 6.07) is 13.1. The normalized spacial score (nSPS) is 15.9. The second-order valence-electron chi connectivity index (χ2n) is 7.88. The molecule has 0 saturated carbocycles. The number of halogens is 5. The number of hydrogen-bond donors (Lipinski definition) is 1. The fraction of sp³-hybridized carbons (Fsp3) is 0.304. The van der Waals surface area contributed by atoms with E-state index in [1.54, 1.807) is 12.1 Å². The highest BCUT2D eigenvalue weighted by Gasteiger charge is 2.41. The Kier molecular flexibility index (Phi) is 6.70. The van der Waals surface area contributed by atoms with Gasteiger partial charge in [0.05, 0.1) is 17.4 Å². The first-order valence-electron chi connectivity index (χ1n) is 10.2. The van der Waals surface area contributed by atoms with Crippen molar-refractivity contribution < 1.29 is 22.7 Å². The molecule has 3 aromatic rings. The fourth-order valence-corrected chi connectivity index (χ4v) is 4.46. The molecule has 5 nitrogen and oxygen atoms in total. The van der Waals surface area contributed by atoms with Gasteiger partial charge in [0.1, 0.15) is 0 Å². The van der Waals surface area contributed by atoms with Crippen molar-refractivity contribution in [1.29, 1.82) is 0 Å². The van der Waals surface area contributed by atoms with Crippen molar-refractivity contribution in [2.24, 2.45) is 0 Å². The Morgan fingerprint density at radius 2 is 1.76 bits per heavy atom. The Balaban J connectivity index is 1.64. The van der Waals surface area contributed by atoms with E-state index in [-0.39, 0.29) is 17.3 Å². The second kappa shape index (κ2) is 9.37. The van der Waals surface area contributed by atoms with Crippen LogP contribution < -0.4 is 5.32 Å². The van der Waals surface area contributed by atoms with Crippen LogP contribution in [0.2, 0.25) is 10.0 Å². The van der Waals surface area contributed by atoms with Gasteiger partial charge in [-0.25, -0.2) is 4.68 Å². The highest BCUT2D eigenvalue weighted by molar-refractivity contribution is 6.31. The maximum absolute atomic E-state index is 14.0. The maximum Gasteiger partial charge on any atom is 0.434 e. The molecular formula is C23H20Cl2F3N3O2. The largest absolute Gasteiger partial charge is 0.434 e. The number of nitrogens with zero attached hydrogens (tertiary/aromatic N) is 2. The van der Waals surface area contributed by atoms with E-state index >= 15 is 0 Å². The number of rotatable bonds is 5. The smallest absolute Gasteiger partial charge is 0.381 e. The molecule has 1 aliphatic heterocycles. The number of carbonyl (C=O) groups excluding carboxylic acids is 1. The Labute approximate surface area is 198 Å². The highest BCUT2D eigenvalue weighted by Crippen LogP contribution is 2.37. The number of alkyl halides is 3. The molecule has 0 atom stereocenters. The lowest BCUT2D eigenvalue weighted by atomic mass is 9.74. The van der Waals surface area contributed by atoms with Gasteiger partial charge in [0.25, 0.3) is 5.91 Å². The van der Waals surface area contributed by atoms with Gasteiger partial charge in [0, 0.05) is 35.2 Å². The Hall–Kier alpha value is -2.55. The molecule has 1 saturated heterocycles. The molecule has 174 valence electrons. The number of aromatic nitrogens is 2. The van der Waals surface area contributed by atoms with Crippen molar-refractivity contribution in [1.82, 2.24) is 15.1 Å². The molecule has 0 spiro atoms. The summed E-state index contributed by atoms with van der Waals surface area (Å²) < 4.78 is 48.0. The van der Waals surface area contributed by atoms with E-state index in [0.29, 0.717) is 35.8 Å². The van der Waals surface area contributed by atoms with E-state index in [9.17, 15) is 18.0 Å². The minimum atomic E-state index is -4.81. The van der Waals surface area contributed by atoms with Gasteiger partial charge >= 0.3 is 6.18 Å². The molecule has 1 amide bonds. The monoisotopic (exact) mass is 497 g/mol. The summed E-state index contributed by atoms with van der Waals surface area (Å²) in [5, 5.41) is 7.34. The van der Waals surface area contributed by atoms with Gasteiger partial charge in [-0.1, -0.05) is 41.4 Å². The summed E-state index contributed by atoms with van der Waals surface area (Å²) in [5.41, 5.74) is -1.21. The van der Waals surface area contributed by atoms with E-state index in [2.05, 4.69) is 10.4 Å². The quantitative estimate of drug-likeness (QED) is 0.493. The Morgan fingerprint density at radius 1 is 1.09 bits per heavy atom. The van der Waals surface area contributed by atoms with E-state index in [0.717, 1.165) is 11.8 Å². The predicted octanol–water partition coefficient (Wildman–Crippen LogP) is 5.68. The summed E-state index contributed by atoms with van der Waals surface area (Å²) in [5.74, 6) is -0.858. The van der Waals surface area contributed by atoms with Crippen LogP contribution in [0.25, 0.3) is 5.69 Å². The van der Waals surface area contributed by atoms with E-state index in [4.69, 9.17) is 27.9 Å². The minimum absolute atomic E-state index is 0.105. The zero-order chi connectivity index (χ0) is 23.6. The van der Waals surface area contributed by atoms with Gasteiger partial charge in [-0.05, 0) is 48.7 Å². The zero-order valence-electron chi connectivity index (χ0n) is 17.3. The summed E-state index contributed by atoms with van der Waals surface area (Å²) in [4.78, 5) is 13.0. The van der Waals surface area contributed by atoms with E-state index < -0.39 is 28.8 Å². The van der Waals surface area contributed by atoms with Crippen molar-refractivity contribution in [3.63, 3.8) is 0 Å². The molecule has 1 N–H and O–H groups in total. The Morgan fingerprint density at radius 3 is 2.39 bits per heavy atom. The van der Waals surface area contributed by atoms with Gasteiger partial charge in [0.15, 0.2) is 5.69 Å². The van der Waals surface area contributed by atoms with Crippen LogP contribution in [0.4, 0.5) is 13.2 Å². The molecule has 0 bridgehead atoms. The fourth-order valence-electron chi connectivity index (χ4n) is 4.08. The van der Waals surface area contributed by atoms with Gasteiger partial charge in [-0.15, -0.1) is 0 Å². The molecule has 1 fully saturated rings. The summed E-state index contributed by atoms with van der Waals surface area (Å²) in [6.45, 7) is 1.08. The molecule has 0 aliphatic carbocycles. The van der Waals surface area contributed by atoms with Crippen LogP contribution in [0.15, 0.2) is 54.7 Å². The molecule has 2 heterocycles. The maximum atomic E-state index is 14.0. The minimum Gasteiger partial charge on any atom is -0.381 e. The lowest BCUT2D eigenvalue weighted by molar-refractivity contribution is -0.143. The molecule has 33 heavy (non-hydrogen) atoms.